The van der Waals surface area contributed by atoms with Gasteiger partial charge in [0, 0.05) is 4.47 Å². The molecule has 0 bridgehead atoms. The van der Waals surface area contributed by atoms with Crippen molar-refractivity contribution in [3.05, 3.63) is 19.0 Å². The van der Waals surface area contributed by atoms with Gasteiger partial charge in [0.15, 0.2) is 11.5 Å². The molecule has 0 aliphatic rings. The molecule has 0 heterocycles. The van der Waals surface area contributed by atoms with E-state index in [1.54, 1.807) is 14.2 Å². The van der Waals surface area contributed by atoms with Crippen molar-refractivity contribution in [2.45, 2.75) is 6.92 Å². The summed E-state index contributed by atoms with van der Waals surface area (Å²) < 4.78 is 13.2. The average molecular weight is 389 g/mol. The van der Waals surface area contributed by atoms with E-state index in [1.807, 2.05) is 6.92 Å². The maximum atomic E-state index is 5.26. The predicted octanol–water partition coefficient (Wildman–Crippen LogP) is 4.30. The molecular formula is C9H9Br3O2. The van der Waals surface area contributed by atoms with Gasteiger partial charge in [-0.3, -0.25) is 0 Å². The third-order valence-electron chi connectivity index (χ3n) is 1.86. The Hall–Kier alpha value is 0.260. The van der Waals surface area contributed by atoms with Crippen molar-refractivity contribution < 1.29 is 9.47 Å². The van der Waals surface area contributed by atoms with Gasteiger partial charge in [-0.1, -0.05) is 0 Å². The summed E-state index contributed by atoms with van der Waals surface area (Å²) in [4.78, 5) is 0. The van der Waals surface area contributed by atoms with Crippen molar-refractivity contribution in [2.24, 2.45) is 0 Å². The zero-order valence-corrected chi connectivity index (χ0v) is 12.7. The molecule has 0 saturated heterocycles. The minimum atomic E-state index is 0.678. The molecule has 2 nitrogen and oxygen atoms in total. The molecule has 0 aliphatic carbocycles. The number of rotatable bonds is 2. The summed E-state index contributed by atoms with van der Waals surface area (Å²) >= 11 is 10.4. The summed E-state index contributed by atoms with van der Waals surface area (Å²) in [5.41, 5.74) is 1.06. The highest BCUT2D eigenvalue weighted by atomic mass is 79.9. The van der Waals surface area contributed by atoms with Crippen LogP contribution in [0.5, 0.6) is 11.5 Å². The van der Waals surface area contributed by atoms with E-state index in [2.05, 4.69) is 47.8 Å². The smallest absolute Gasteiger partial charge is 0.177 e. The van der Waals surface area contributed by atoms with Gasteiger partial charge >= 0.3 is 0 Å². The Bertz CT molecular complexity index is 329. The standard InChI is InChI=1S/C9H9Br3O2/c1-4-5(10)7(12)9(14-3)8(13-2)6(4)11/h1-3H3. The van der Waals surface area contributed by atoms with E-state index >= 15 is 0 Å². The fourth-order valence-electron chi connectivity index (χ4n) is 1.09. The Kier molecular flexibility index (Phi) is 4.28. The molecule has 0 saturated carbocycles. The van der Waals surface area contributed by atoms with Crippen molar-refractivity contribution in [1.82, 2.24) is 0 Å². The van der Waals surface area contributed by atoms with Gasteiger partial charge in [0.25, 0.3) is 0 Å². The minimum absolute atomic E-state index is 0.678. The van der Waals surface area contributed by atoms with Gasteiger partial charge in [0.05, 0.1) is 23.2 Å². The molecule has 1 aromatic rings. The lowest BCUT2D eigenvalue weighted by Crippen LogP contribution is -1.95. The Morgan fingerprint density at radius 1 is 0.786 bits per heavy atom. The molecule has 0 unspecified atom stereocenters. The van der Waals surface area contributed by atoms with Crippen LogP contribution in [0.4, 0.5) is 0 Å². The molecule has 0 aliphatic heterocycles. The molecule has 14 heavy (non-hydrogen) atoms. The molecule has 0 spiro atoms. The normalized spacial score (nSPS) is 10.1. The van der Waals surface area contributed by atoms with Crippen LogP contribution < -0.4 is 9.47 Å². The second-order valence-electron chi connectivity index (χ2n) is 2.63. The summed E-state index contributed by atoms with van der Waals surface area (Å²) in [6.45, 7) is 1.99. The lowest BCUT2D eigenvalue weighted by atomic mass is 10.2. The fourth-order valence-corrected chi connectivity index (χ4v) is 2.92. The van der Waals surface area contributed by atoms with E-state index in [0.717, 1.165) is 19.0 Å². The first-order valence-electron chi connectivity index (χ1n) is 3.79. The van der Waals surface area contributed by atoms with Crippen LogP contribution in [0.25, 0.3) is 0 Å². The lowest BCUT2D eigenvalue weighted by molar-refractivity contribution is 0.350. The lowest BCUT2D eigenvalue weighted by Gasteiger charge is -2.15. The summed E-state index contributed by atoms with van der Waals surface area (Å²) in [6, 6.07) is 0. The van der Waals surface area contributed by atoms with E-state index < -0.39 is 0 Å². The van der Waals surface area contributed by atoms with Gasteiger partial charge in [-0.25, -0.2) is 0 Å². The first kappa shape index (κ1) is 12.3. The van der Waals surface area contributed by atoms with Crippen molar-refractivity contribution >= 4 is 47.8 Å². The molecule has 0 aromatic heterocycles. The number of ether oxygens (including phenoxy) is 2. The van der Waals surface area contributed by atoms with Crippen molar-refractivity contribution in [3.8, 4) is 11.5 Å². The maximum Gasteiger partial charge on any atom is 0.177 e. The van der Waals surface area contributed by atoms with Gasteiger partial charge in [-0.2, -0.15) is 0 Å². The zero-order chi connectivity index (χ0) is 10.9. The van der Waals surface area contributed by atoms with Crippen LogP contribution in [-0.4, -0.2) is 14.2 Å². The first-order chi connectivity index (χ1) is 6.54. The van der Waals surface area contributed by atoms with Crippen LogP contribution in [0.3, 0.4) is 0 Å². The van der Waals surface area contributed by atoms with Gasteiger partial charge < -0.3 is 9.47 Å². The van der Waals surface area contributed by atoms with Crippen molar-refractivity contribution in [2.75, 3.05) is 14.2 Å². The topological polar surface area (TPSA) is 18.5 Å². The molecule has 0 amide bonds. The second-order valence-corrected chi connectivity index (χ2v) is 5.01. The van der Waals surface area contributed by atoms with Crippen molar-refractivity contribution in [1.29, 1.82) is 0 Å². The highest BCUT2D eigenvalue weighted by Gasteiger charge is 2.19. The first-order valence-corrected chi connectivity index (χ1v) is 6.17. The quantitative estimate of drug-likeness (QED) is 0.703. The molecule has 0 radical (unpaired) electrons. The van der Waals surface area contributed by atoms with Crippen LogP contribution in [-0.2, 0) is 0 Å². The summed E-state index contributed by atoms with van der Waals surface area (Å²) in [7, 11) is 3.22. The van der Waals surface area contributed by atoms with Crippen LogP contribution in [0, 0.1) is 6.92 Å². The monoisotopic (exact) mass is 386 g/mol. The number of hydrogen-bond donors (Lipinski definition) is 0. The Labute approximate surface area is 108 Å². The average Bonchev–Trinajstić information content (AvgIpc) is 2.20. The number of hydrogen-bond acceptors (Lipinski definition) is 2. The molecule has 78 valence electrons. The molecule has 1 aromatic carbocycles. The predicted molar refractivity (Wildman–Crippen MR) is 67.4 cm³/mol. The minimum Gasteiger partial charge on any atom is -0.492 e. The number of benzene rings is 1. The van der Waals surface area contributed by atoms with E-state index in [0.29, 0.717) is 11.5 Å². The number of methoxy groups -OCH3 is 2. The van der Waals surface area contributed by atoms with Gasteiger partial charge in [0.2, 0.25) is 0 Å². The fraction of sp³-hybridized carbons (Fsp3) is 0.333. The van der Waals surface area contributed by atoms with Crippen LogP contribution in [0.1, 0.15) is 5.56 Å². The molecule has 0 atom stereocenters. The maximum absolute atomic E-state index is 5.26. The highest BCUT2D eigenvalue weighted by molar-refractivity contribution is 9.13. The van der Waals surface area contributed by atoms with Crippen molar-refractivity contribution in [3.63, 3.8) is 0 Å². The second kappa shape index (κ2) is 4.86. The van der Waals surface area contributed by atoms with E-state index in [1.165, 1.54) is 0 Å². The summed E-state index contributed by atoms with van der Waals surface area (Å²) in [5.74, 6) is 1.37. The molecule has 5 heteroatoms. The van der Waals surface area contributed by atoms with Crippen LogP contribution in [0.2, 0.25) is 0 Å². The Balaban J connectivity index is 3.57. The van der Waals surface area contributed by atoms with E-state index in [4.69, 9.17) is 9.47 Å². The summed E-state index contributed by atoms with van der Waals surface area (Å²) in [6.07, 6.45) is 0. The SMILES string of the molecule is COc1c(Br)c(C)c(Br)c(Br)c1OC. The molecule has 0 N–H and O–H groups in total. The third-order valence-corrected chi connectivity index (χ3v) is 5.10. The van der Waals surface area contributed by atoms with Crippen LogP contribution >= 0.6 is 47.8 Å². The molecular weight excluding hydrogens is 380 g/mol. The highest BCUT2D eigenvalue weighted by Crippen LogP contribution is 2.47. The molecule has 1 rings (SSSR count). The summed E-state index contributed by atoms with van der Waals surface area (Å²) in [5, 5.41) is 0. The van der Waals surface area contributed by atoms with E-state index in [-0.39, 0.29) is 0 Å². The molecule has 0 fully saturated rings. The van der Waals surface area contributed by atoms with Crippen LogP contribution in [0.15, 0.2) is 13.4 Å². The Morgan fingerprint density at radius 2 is 1.21 bits per heavy atom. The van der Waals surface area contributed by atoms with Gasteiger partial charge in [-0.05, 0) is 60.3 Å². The van der Waals surface area contributed by atoms with Gasteiger partial charge in [0.1, 0.15) is 0 Å². The largest absolute Gasteiger partial charge is 0.492 e. The number of halogens is 3. The van der Waals surface area contributed by atoms with E-state index in [9.17, 15) is 0 Å². The Morgan fingerprint density at radius 3 is 1.64 bits per heavy atom. The van der Waals surface area contributed by atoms with Gasteiger partial charge in [-0.15, -0.1) is 0 Å². The zero-order valence-electron chi connectivity index (χ0n) is 7.95. The third kappa shape index (κ3) is 1.95.